The number of aromatic carboxylic acids is 1. The lowest BCUT2D eigenvalue weighted by Crippen LogP contribution is -2.23. The minimum absolute atomic E-state index is 0.0117. The summed E-state index contributed by atoms with van der Waals surface area (Å²) in [6.45, 7) is 2.54. The molecule has 0 saturated heterocycles. The fraction of sp³-hybridized carbons (Fsp3) is 0.368. The molecule has 144 valence electrons. The Morgan fingerprint density at radius 3 is 2.67 bits per heavy atom. The molecule has 0 aliphatic rings. The van der Waals surface area contributed by atoms with E-state index in [1.165, 1.54) is 23.6 Å². The van der Waals surface area contributed by atoms with Crippen molar-refractivity contribution in [1.29, 1.82) is 0 Å². The average molecular weight is 389 g/mol. The molecule has 7 nitrogen and oxygen atoms in total. The van der Waals surface area contributed by atoms with Crippen molar-refractivity contribution in [3.63, 3.8) is 0 Å². The molecule has 2 rings (SSSR count). The fourth-order valence-corrected chi connectivity index (χ4v) is 3.25. The number of hydrogen-bond acceptors (Lipinski definition) is 5. The van der Waals surface area contributed by atoms with Crippen LogP contribution in [0, 0.1) is 0 Å². The second kappa shape index (κ2) is 10.4. The Hall–Kier alpha value is -2.74. The Bertz CT molecular complexity index is 804. The summed E-state index contributed by atoms with van der Waals surface area (Å²) in [6.07, 6.45) is 2.98. The zero-order valence-corrected chi connectivity index (χ0v) is 16.0. The van der Waals surface area contributed by atoms with E-state index in [1.807, 2.05) is 24.3 Å². The smallest absolute Gasteiger partial charge is 0.355 e. The molecule has 2 amide bonds. The normalized spacial score (nSPS) is 10.4. The second-order valence-corrected chi connectivity index (χ2v) is 6.97. The lowest BCUT2D eigenvalue weighted by atomic mass is 10.1. The first-order valence-corrected chi connectivity index (χ1v) is 9.63. The number of aromatic nitrogens is 1. The van der Waals surface area contributed by atoms with Crippen LogP contribution in [-0.2, 0) is 16.1 Å². The van der Waals surface area contributed by atoms with Crippen LogP contribution in [0.3, 0.4) is 0 Å². The third-order valence-corrected chi connectivity index (χ3v) is 4.73. The number of thiazole rings is 1. The Morgan fingerprint density at radius 2 is 1.96 bits per heavy atom. The third kappa shape index (κ3) is 7.18. The highest BCUT2D eigenvalue weighted by Crippen LogP contribution is 2.24. The molecule has 0 aliphatic heterocycles. The number of carbonyl (C=O) groups is 3. The number of nitrogens with one attached hydrogen (secondary N) is 2. The number of nitrogens with zero attached hydrogens (tertiary/aromatic N) is 1. The van der Waals surface area contributed by atoms with E-state index in [0.29, 0.717) is 24.5 Å². The molecule has 0 atom stereocenters. The molecule has 0 spiro atoms. The Morgan fingerprint density at radius 1 is 1.15 bits per heavy atom. The van der Waals surface area contributed by atoms with Crippen LogP contribution in [0.25, 0.3) is 10.6 Å². The van der Waals surface area contributed by atoms with Crippen LogP contribution in [0.2, 0.25) is 0 Å². The molecule has 0 radical (unpaired) electrons. The van der Waals surface area contributed by atoms with Crippen LogP contribution < -0.4 is 10.6 Å². The number of rotatable bonds is 10. The Kier molecular flexibility index (Phi) is 7.94. The van der Waals surface area contributed by atoms with Crippen LogP contribution in [0.15, 0.2) is 29.6 Å². The van der Waals surface area contributed by atoms with Gasteiger partial charge in [-0.15, -0.1) is 11.3 Å². The van der Waals surface area contributed by atoms with Gasteiger partial charge in [0.15, 0.2) is 5.69 Å². The largest absolute Gasteiger partial charge is 0.476 e. The van der Waals surface area contributed by atoms with Crippen molar-refractivity contribution in [1.82, 2.24) is 15.6 Å². The van der Waals surface area contributed by atoms with Gasteiger partial charge in [0.2, 0.25) is 11.8 Å². The number of benzene rings is 1. The number of unbranched alkanes of at least 4 members (excludes halogenated alkanes) is 2. The summed E-state index contributed by atoms with van der Waals surface area (Å²) >= 11 is 1.28. The minimum Gasteiger partial charge on any atom is -0.476 e. The quantitative estimate of drug-likeness (QED) is 0.542. The van der Waals surface area contributed by atoms with E-state index >= 15 is 0 Å². The molecule has 0 unspecified atom stereocenters. The van der Waals surface area contributed by atoms with Crippen molar-refractivity contribution >= 4 is 29.1 Å². The lowest BCUT2D eigenvalue weighted by molar-refractivity contribution is -0.121. The molecule has 1 aromatic carbocycles. The van der Waals surface area contributed by atoms with Crippen molar-refractivity contribution in [3.8, 4) is 10.6 Å². The first-order chi connectivity index (χ1) is 13.0. The summed E-state index contributed by atoms with van der Waals surface area (Å²) < 4.78 is 0. The second-order valence-electron chi connectivity index (χ2n) is 6.11. The van der Waals surface area contributed by atoms with E-state index in [1.54, 1.807) is 0 Å². The lowest BCUT2D eigenvalue weighted by Gasteiger charge is -2.07. The highest BCUT2D eigenvalue weighted by atomic mass is 32.1. The van der Waals surface area contributed by atoms with Crippen molar-refractivity contribution < 1.29 is 19.5 Å². The van der Waals surface area contributed by atoms with Gasteiger partial charge in [-0.2, -0.15) is 0 Å². The third-order valence-electron chi connectivity index (χ3n) is 3.84. The maximum Gasteiger partial charge on any atom is 0.355 e. The number of amides is 2. The minimum atomic E-state index is -1.04. The van der Waals surface area contributed by atoms with E-state index in [-0.39, 0.29) is 17.5 Å². The Labute approximate surface area is 161 Å². The predicted octanol–water partition coefficient (Wildman–Crippen LogP) is 2.82. The number of carboxylic acid groups (broad SMARTS) is 1. The maximum absolute atomic E-state index is 11.9. The van der Waals surface area contributed by atoms with Gasteiger partial charge in [0.25, 0.3) is 0 Å². The van der Waals surface area contributed by atoms with E-state index in [4.69, 9.17) is 5.11 Å². The van der Waals surface area contributed by atoms with Crippen LogP contribution in [0.4, 0.5) is 0 Å². The van der Waals surface area contributed by atoms with E-state index in [0.717, 1.165) is 30.4 Å². The van der Waals surface area contributed by atoms with Crippen molar-refractivity contribution in [2.75, 3.05) is 6.54 Å². The monoisotopic (exact) mass is 389 g/mol. The van der Waals surface area contributed by atoms with Gasteiger partial charge in [-0.25, -0.2) is 9.78 Å². The molecule has 1 heterocycles. The summed E-state index contributed by atoms with van der Waals surface area (Å²) in [7, 11) is 0. The van der Waals surface area contributed by atoms with Gasteiger partial charge in [-0.1, -0.05) is 24.6 Å². The molecule has 0 aliphatic carbocycles. The molecule has 8 heteroatoms. The molecule has 0 bridgehead atoms. The average Bonchev–Trinajstić information content (AvgIpc) is 3.13. The fourth-order valence-electron chi connectivity index (χ4n) is 2.46. The predicted molar refractivity (Wildman–Crippen MR) is 104 cm³/mol. The topological polar surface area (TPSA) is 108 Å². The van der Waals surface area contributed by atoms with Crippen molar-refractivity contribution in [2.24, 2.45) is 0 Å². The summed E-state index contributed by atoms with van der Waals surface area (Å²) in [5.41, 5.74) is 1.79. The molecular weight excluding hydrogens is 366 g/mol. The SMILES string of the molecule is CC(=O)NCCCCCC(=O)NCc1cccc(-c2nc(C(=O)O)cs2)c1. The first-order valence-electron chi connectivity index (χ1n) is 8.75. The molecule has 0 saturated carbocycles. The molecule has 1 aromatic heterocycles. The molecule has 2 aromatic rings. The molecular formula is C19H23N3O4S. The maximum atomic E-state index is 11.9. The van der Waals surface area contributed by atoms with Crippen molar-refractivity contribution in [3.05, 3.63) is 40.9 Å². The summed E-state index contributed by atoms with van der Waals surface area (Å²) in [6, 6.07) is 7.53. The summed E-state index contributed by atoms with van der Waals surface area (Å²) in [4.78, 5) is 37.7. The molecule has 3 N–H and O–H groups in total. The van der Waals surface area contributed by atoms with Gasteiger partial charge in [0.05, 0.1) is 0 Å². The number of hydrogen-bond donors (Lipinski definition) is 3. The van der Waals surface area contributed by atoms with Gasteiger partial charge < -0.3 is 15.7 Å². The van der Waals surface area contributed by atoms with Gasteiger partial charge in [-0.3, -0.25) is 9.59 Å². The van der Waals surface area contributed by atoms with Crippen LogP contribution in [0.1, 0.15) is 48.7 Å². The molecule has 0 fully saturated rings. The van der Waals surface area contributed by atoms with Gasteiger partial charge >= 0.3 is 5.97 Å². The van der Waals surface area contributed by atoms with E-state index in [2.05, 4.69) is 15.6 Å². The van der Waals surface area contributed by atoms with Crippen LogP contribution >= 0.6 is 11.3 Å². The standard InChI is InChI=1S/C19H23N3O4S/c1-13(23)20-9-4-2-3-8-17(24)21-11-14-6-5-7-15(10-14)18-22-16(12-27-18)19(25)26/h5-7,10,12H,2-4,8-9,11H2,1H3,(H,20,23)(H,21,24)(H,25,26). The summed E-state index contributed by atoms with van der Waals surface area (Å²) in [5.74, 6) is -1.09. The van der Waals surface area contributed by atoms with E-state index in [9.17, 15) is 14.4 Å². The van der Waals surface area contributed by atoms with Gasteiger partial charge in [0.1, 0.15) is 5.01 Å². The highest BCUT2D eigenvalue weighted by Gasteiger charge is 2.10. The van der Waals surface area contributed by atoms with Gasteiger partial charge in [-0.05, 0) is 24.5 Å². The van der Waals surface area contributed by atoms with Crippen LogP contribution in [0.5, 0.6) is 0 Å². The Balaban J connectivity index is 1.76. The van der Waals surface area contributed by atoms with Crippen molar-refractivity contribution in [2.45, 2.75) is 39.2 Å². The highest BCUT2D eigenvalue weighted by molar-refractivity contribution is 7.13. The first kappa shape index (κ1) is 20.6. The summed E-state index contributed by atoms with van der Waals surface area (Å²) in [5, 5.41) is 16.7. The zero-order chi connectivity index (χ0) is 19.6. The number of carboxylic acids is 1. The van der Waals surface area contributed by atoms with Crippen LogP contribution in [-0.4, -0.2) is 34.4 Å². The van der Waals surface area contributed by atoms with Gasteiger partial charge in [0, 0.05) is 37.4 Å². The van der Waals surface area contributed by atoms with E-state index < -0.39 is 5.97 Å². The molecule has 27 heavy (non-hydrogen) atoms. The zero-order valence-electron chi connectivity index (χ0n) is 15.2. The number of carbonyl (C=O) groups excluding carboxylic acids is 2.